The molecule has 0 aromatic carbocycles. The van der Waals surface area contributed by atoms with Crippen molar-refractivity contribution in [1.82, 2.24) is 5.43 Å². The third kappa shape index (κ3) is 17.6. The Hall–Kier alpha value is -1.05. The molecule has 0 fully saturated rings. The van der Waals surface area contributed by atoms with E-state index in [2.05, 4.69) is 30.7 Å². The van der Waals surface area contributed by atoms with E-state index in [1.54, 1.807) is 0 Å². The van der Waals surface area contributed by atoms with Crippen LogP contribution in [0.25, 0.3) is 0 Å². The van der Waals surface area contributed by atoms with Crippen molar-refractivity contribution in [3.63, 3.8) is 0 Å². The molecule has 0 saturated heterocycles. The Balaban J connectivity index is 0. The molecule has 0 atom stereocenters. The van der Waals surface area contributed by atoms with Crippen LogP contribution in [0, 0.1) is 0 Å². The quantitative estimate of drug-likeness (QED) is 0.377. The van der Waals surface area contributed by atoms with Crippen LogP contribution in [0.4, 0.5) is 0 Å². The third-order valence-corrected chi connectivity index (χ3v) is 0.977. The van der Waals surface area contributed by atoms with E-state index in [1.165, 1.54) is 0 Å². The van der Waals surface area contributed by atoms with Crippen molar-refractivity contribution in [3.8, 4) is 0 Å². The molecule has 11 heavy (non-hydrogen) atoms. The molecule has 2 heteroatoms. The smallest absolute Gasteiger partial charge is 0.0262 e. The van der Waals surface area contributed by atoms with Gasteiger partial charge in [0.15, 0.2) is 0 Å². The average molecular weight is 154 g/mol. The SMILES string of the molecule is C=CCC.C=NN/C(C)=C\C. The first-order chi connectivity index (χ1) is 5.22. The summed E-state index contributed by atoms with van der Waals surface area (Å²) in [7, 11) is 0. The van der Waals surface area contributed by atoms with Crippen molar-refractivity contribution in [1.29, 1.82) is 0 Å². The minimum Gasteiger partial charge on any atom is -0.284 e. The van der Waals surface area contributed by atoms with Gasteiger partial charge in [-0.1, -0.05) is 19.1 Å². The lowest BCUT2D eigenvalue weighted by atomic mass is 10.5. The van der Waals surface area contributed by atoms with Crippen LogP contribution in [0.5, 0.6) is 0 Å². The van der Waals surface area contributed by atoms with Crippen LogP contribution in [0.3, 0.4) is 0 Å². The van der Waals surface area contributed by atoms with Crippen LogP contribution in [-0.2, 0) is 0 Å². The Morgan fingerprint density at radius 1 is 1.64 bits per heavy atom. The van der Waals surface area contributed by atoms with Crippen LogP contribution in [-0.4, -0.2) is 6.72 Å². The topological polar surface area (TPSA) is 24.4 Å². The third-order valence-electron chi connectivity index (χ3n) is 0.977. The van der Waals surface area contributed by atoms with Gasteiger partial charge in [-0.25, -0.2) is 0 Å². The van der Waals surface area contributed by atoms with E-state index in [4.69, 9.17) is 0 Å². The molecule has 0 spiro atoms. The van der Waals surface area contributed by atoms with Gasteiger partial charge in [0.05, 0.1) is 0 Å². The second-order valence-corrected chi connectivity index (χ2v) is 1.94. The fraction of sp³-hybridized carbons (Fsp3) is 0.444. The summed E-state index contributed by atoms with van der Waals surface area (Å²) < 4.78 is 0. The van der Waals surface area contributed by atoms with Gasteiger partial charge in [0.1, 0.15) is 0 Å². The first-order valence-corrected chi connectivity index (χ1v) is 3.68. The highest BCUT2D eigenvalue weighted by molar-refractivity contribution is 5.23. The van der Waals surface area contributed by atoms with Gasteiger partial charge in [0, 0.05) is 12.4 Å². The zero-order chi connectivity index (χ0) is 9.11. The Labute approximate surface area is 69.7 Å². The lowest BCUT2D eigenvalue weighted by Crippen LogP contribution is -1.98. The zero-order valence-corrected chi connectivity index (χ0v) is 7.72. The summed E-state index contributed by atoms with van der Waals surface area (Å²) in [5, 5.41) is 3.44. The number of rotatable bonds is 3. The number of hydrogen-bond donors (Lipinski definition) is 1. The Morgan fingerprint density at radius 3 is 2.18 bits per heavy atom. The van der Waals surface area contributed by atoms with Gasteiger partial charge in [-0.15, -0.1) is 6.58 Å². The minimum atomic E-state index is 1.02. The van der Waals surface area contributed by atoms with Gasteiger partial charge < -0.3 is 0 Å². The van der Waals surface area contributed by atoms with Gasteiger partial charge in [0.25, 0.3) is 0 Å². The molecule has 0 aliphatic rings. The van der Waals surface area contributed by atoms with E-state index in [1.807, 2.05) is 26.0 Å². The molecule has 0 saturated carbocycles. The summed E-state index contributed by atoms with van der Waals surface area (Å²) in [5.74, 6) is 0. The van der Waals surface area contributed by atoms with Crippen LogP contribution in [0.15, 0.2) is 29.5 Å². The molecule has 64 valence electrons. The molecular formula is C9H18N2. The summed E-state index contributed by atoms with van der Waals surface area (Å²) in [6.45, 7) is 12.7. The van der Waals surface area contributed by atoms with Gasteiger partial charge in [0.2, 0.25) is 0 Å². The highest BCUT2D eigenvalue weighted by atomic mass is 15.3. The zero-order valence-electron chi connectivity index (χ0n) is 7.72. The van der Waals surface area contributed by atoms with E-state index in [0.717, 1.165) is 12.1 Å². The minimum absolute atomic E-state index is 1.02. The normalized spacial score (nSPS) is 9.18. The van der Waals surface area contributed by atoms with E-state index in [-0.39, 0.29) is 0 Å². The summed E-state index contributed by atoms with van der Waals surface area (Å²) >= 11 is 0. The van der Waals surface area contributed by atoms with Crippen LogP contribution in [0.2, 0.25) is 0 Å². The summed E-state index contributed by atoms with van der Waals surface area (Å²) in [6.07, 6.45) is 4.88. The van der Waals surface area contributed by atoms with Crippen molar-refractivity contribution in [2.24, 2.45) is 5.10 Å². The van der Waals surface area contributed by atoms with E-state index in [9.17, 15) is 0 Å². The molecule has 0 radical (unpaired) electrons. The Bertz CT molecular complexity index is 126. The fourth-order valence-corrected chi connectivity index (χ4v) is 0.189. The van der Waals surface area contributed by atoms with Gasteiger partial charge >= 0.3 is 0 Å². The number of allylic oxidation sites excluding steroid dienone is 3. The van der Waals surface area contributed by atoms with Crippen molar-refractivity contribution in [2.75, 3.05) is 0 Å². The molecule has 0 rings (SSSR count). The number of nitrogens with zero attached hydrogens (tertiary/aromatic N) is 1. The van der Waals surface area contributed by atoms with E-state index < -0.39 is 0 Å². The molecule has 2 nitrogen and oxygen atoms in total. The lowest BCUT2D eigenvalue weighted by molar-refractivity contribution is 0.894. The number of hydrazone groups is 1. The van der Waals surface area contributed by atoms with Gasteiger partial charge in [-0.2, -0.15) is 5.10 Å². The molecule has 0 aliphatic heterocycles. The van der Waals surface area contributed by atoms with E-state index in [0.29, 0.717) is 0 Å². The second-order valence-electron chi connectivity index (χ2n) is 1.94. The highest BCUT2D eigenvalue weighted by Crippen LogP contribution is 1.80. The number of nitrogens with one attached hydrogen (secondary N) is 1. The predicted molar refractivity (Wildman–Crippen MR) is 52.6 cm³/mol. The summed E-state index contributed by atoms with van der Waals surface area (Å²) in [5.41, 5.74) is 3.69. The standard InChI is InChI=1S/C5H10N2.C4H8/c1-4-5(2)7-6-3;1-3-4-2/h4,7H,3H2,1-2H3;3H,1,4H2,2H3/b5-4-;. The van der Waals surface area contributed by atoms with Crippen molar-refractivity contribution >= 4 is 6.72 Å². The summed E-state index contributed by atoms with van der Waals surface area (Å²) in [6, 6.07) is 0. The molecule has 0 aromatic rings. The van der Waals surface area contributed by atoms with Gasteiger partial charge in [-0.3, -0.25) is 5.43 Å². The van der Waals surface area contributed by atoms with Crippen LogP contribution in [0.1, 0.15) is 27.2 Å². The molecule has 0 aliphatic carbocycles. The van der Waals surface area contributed by atoms with Crippen molar-refractivity contribution in [3.05, 3.63) is 24.4 Å². The molecular weight excluding hydrogens is 136 g/mol. The van der Waals surface area contributed by atoms with Crippen LogP contribution >= 0.6 is 0 Å². The first kappa shape index (κ1) is 12.6. The second kappa shape index (κ2) is 11.7. The molecule has 0 amide bonds. The maximum atomic E-state index is 3.48. The molecule has 0 bridgehead atoms. The first-order valence-electron chi connectivity index (χ1n) is 3.68. The Kier molecular flexibility index (Phi) is 13.4. The van der Waals surface area contributed by atoms with Crippen molar-refractivity contribution < 1.29 is 0 Å². The van der Waals surface area contributed by atoms with Crippen molar-refractivity contribution in [2.45, 2.75) is 27.2 Å². The van der Waals surface area contributed by atoms with Gasteiger partial charge in [-0.05, 0) is 20.3 Å². The maximum Gasteiger partial charge on any atom is 0.0262 e. The molecule has 0 heterocycles. The average Bonchev–Trinajstić information content (AvgIpc) is 2.05. The monoisotopic (exact) mass is 154 g/mol. The largest absolute Gasteiger partial charge is 0.284 e. The van der Waals surface area contributed by atoms with Crippen LogP contribution < -0.4 is 5.43 Å². The fourth-order valence-electron chi connectivity index (χ4n) is 0.189. The molecule has 0 aromatic heterocycles. The predicted octanol–water partition coefficient (Wildman–Crippen LogP) is 2.70. The molecule has 1 N–H and O–H groups in total. The number of hydrogen-bond acceptors (Lipinski definition) is 2. The molecule has 0 unspecified atom stereocenters. The maximum absolute atomic E-state index is 3.48. The lowest BCUT2D eigenvalue weighted by Gasteiger charge is -1.92. The Morgan fingerprint density at radius 2 is 2.09 bits per heavy atom. The summed E-state index contributed by atoms with van der Waals surface area (Å²) in [4.78, 5) is 0. The highest BCUT2D eigenvalue weighted by Gasteiger charge is 1.73. The van der Waals surface area contributed by atoms with E-state index >= 15 is 0 Å².